The minimum absolute atomic E-state index is 0.0213. The summed E-state index contributed by atoms with van der Waals surface area (Å²) < 4.78 is 0. The van der Waals surface area contributed by atoms with Crippen LogP contribution in [0.5, 0.6) is 0 Å². The van der Waals surface area contributed by atoms with Crippen molar-refractivity contribution in [2.75, 3.05) is 0 Å². The Labute approximate surface area is 66.0 Å². The molecule has 0 aromatic rings. The Morgan fingerprint density at radius 3 is 3.09 bits per heavy atom. The van der Waals surface area contributed by atoms with Crippen molar-refractivity contribution in [1.82, 2.24) is 0 Å². The van der Waals surface area contributed by atoms with Crippen molar-refractivity contribution in [3.05, 3.63) is 11.8 Å². The van der Waals surface area contributed by atoms with Gasteiger partial charge in [-0.25, -0.2) is 0 Å². The number of ketones is 1. The van der Waals surface area contributed by atoms with Gasteiger partial charge in [0.2, 0.25) is 0 Å². The van der Waals surface area contributed by atoms with Crippen LogP contribution in [0.15, 0.2) is 16.8 Å². The summed E-state index contributed by atoms with van der Waals surface area (Å²) >= 11 is 0. The first kappa shape index (κ1) is 8.14. The number of allylic oxidation sites excluding steroid dienone is 1. The largest absolute Gasteiger partial charge is 0.321 e. The summed E-state index contributed by atoms with van der Waals surface area (Å²) in [6, 6.07) is -0.378. The van der Waals surface area contributed by atoms with Crippen molar-refractivity contribution in [3.63, 3.8) is 0 Å². The van der Waals surface area contributed by atoms with Gasteiger partial charge >= 0.3 is 0 Å². The van der Waals surface area contributed by atoms with Gasteiger partial charge in [-0.15, -0.1) is 0 Å². The zero-order valence-corrected chi connectivity index (χ0v) is 6.58. The molecule has 11 heavy (non-hydrogen) atoms. The third-order valence-corrected chi connectivity index (χ3v) is 1.67. The molecule has 0 aromatic heterocycles. The Hall–Kier alpha value is -0.960. The summed E-state index contributed by atoms with van der Waals surface area (Å²) in [5.74, 6) is 0.0213. The van der Waals surface area contributed by atoms with Crippen LogP contribution in [0.3, 0.4) is 0 Å². The molecule has 1 rings (SSSR count). The van der Waals surface area contributed by atoms with Gasteiger partial charge in [0.1, 0.15) is 5.78 Å². The van der Waals surface area contributed by atoms with Gasteiger partial charge in [0.05, 0.1) is 6.04 Å². The molecule has 3 nitrogen and oxygen atoms in total. The fourth-order valence-corrected chi connectivity index (χ4v) is 0.916. The number of rotatable bonds is 3. The number of hydrogen-bond acceptors (Lipinski definition) is 3. The summed E-state index contributed by atoms with van der Waals surface area (Å²) in [4.78, 5) is 14.8. The maximum atomic E-state index is 10.7. The highest BCUT2D eigenvalue weighted by atomic mass is 16.1. The minimum atomic E-state index is -0.378. The number of carbonyl (C=O) groups is 1. The predicted octanol–water partition coefficient (Wildman–Crippen LogP) is 0.651. The Bertz CT molecular complexity index is 218. The van der Waals surface area contributed by atoms with Crippen LogP contribution in [0.1, 0.15) is 19.8 Å². The van der Waals surface area contributed by atoms with Crippen LogP contribution in [-0.2, 0) is 4.79 Å². The van der Waals surface area contributed by atoms with Gasteiger partial charge in [0.15, 0.2) is 0 Å². The van der Waals surface area contributed by atoms with Crippen LogP contribution in [-0.4, -0.2) is 18.0 Å². The highest BCUT2D eigenvalue weighted by Gasteiger charge is 2.10. The topological polar surface area (TPSA) is 55.5 Å². The molecule has 0 aromatic carbocycles. The van der Waals surface area contributed by atoms with Crippen LogP contribution in [0, 0.1) is 0 Å². The molecular formula is C8H12N2O. The van der Waals surface area contributed by atoms with Gasteiger partial charge in [0, 0.05) is 24.8 Å². The SMILES string of the molecule is CC(=O)C(N)CC1=CCC=N1. The third-order valence-electron chi connectivity index (χ3n) is 1.67. The summed E-state index contributed by atoms with van der Waals surface area (Å²) in [5.41, 5.74) is 6.47. The Balaban J connectivity index is 2.42. The molecule has 0 aliphatic carbocycles. The number of aliphatic imine (C=N–C) groups is 1. The van der Waals surface area contributed by atoms with Crippen molar-refractivity contribution in [1.29, 1.82) is 0 Å². The lowest BCUT2D eigenvalue weighted by Gasteiger charge is -2.05. The summed E-state index contributed by atoms with van der Waals surface area (Å²) in [6.07, 6.45) is 5.26. The molecule has 3 heteroatoms. The van der Waals surface area contributed by atoms with E-state index < -0.39 is 0 Å². The predicted molar refractivity (Wildman–Crippen MR) is 44.5 cm³/mol. The lowest BCUT2D eigenvalue weighted by molar-refractivity contribution is -0.118. The smallest absolute Gasteiger partial charge is 0.146 e. The lowest BCUT2D eigenvalue weighted by Crippen LogP contribution is -2.28. The molecule has 1 atom stereocenters. The van der Waals surface area contributed by atoms with E-state index in [1.807, 2.05) is 12.3 Å². The lowest BCUT2D eigenvalue weighted by atomic mass is 10.1. The van der Waals surface area contributed by atoms with Crippen LogP contribution in [0.4, 0.5) is 0 Å². The van der Waals surface area contributed by atoms with Crippen molar-refractivity contribution >= 4 is 12.0 Å². The highest BCUT2D eigenvalue weighted by molar-refractivity contribution is 5.81. The number of Topliss-reactive ketones (excluding diaryl/α,β-unsaturated/α-hetero) is 1. The summed E-state index contributed by atoms with van der Waals surface area (Å²) in [7, 11) is 0. The van der Waals surface area contributed by atoms with Crippen molar-refractivity contribution in [3.8, 4) is 0 Å². The van der Waals surface area contributed by atoms with E-state index in [1.54, 1.807) is 0 Å². The average Bonchev–Trinajstić information content (AvgIpc) is 2.39. The molecule has 0 saturated heterocycles. The van der Waals surface area contributed by atoms with Gasteiger partial charge in [-0.2, -0.15) is 0 Å². The van der Waals surface area contributed by atoms with Crippen molar-refractivity contribution in [2.24, 2.45) is 10.7 Å². The van der Waals surface area contributed by atoms with Gasteiger partial charge < -0.3 is 5.73 Å². The fourth-order valence-electron chi connectivity index (χ4n) is 0.916. The molecular weight excluding hydrogens is 140 g/mol. The Morgan fingerprint density at radius 2 is 2.64 bits per heavy atom. The average molecular weight is 152 g/mol. The normalized spacial score (nSPS) is 18.2. The molecule has 2 N–H and O–H groups in total. The van der Waals surface area contributed by atoms with Gasteiger partial charge in [-0.05, 0) is 6.92 Å². The second-order valence-corrected chi connectivity index (χ2v) is 2.66. The van der Waals surface area contributed by atoms with Crippen LogP contribution < -0.4 is 5.73 Å². The first-order chi connectivity index (χ1) is 5.20. The van der Waals surface area contributed by atoms with E-state index >= 15 is 0 Å². The molecule has 0 fully saturated rings. The second kappa shape index (κ2) is 3.44. The van der Waals surface area contributed by atoms with Gasteiger partial charge in [0.25, 0.3) is 0 Å². The molecule has 0 spiro atoms. The second-order valence-electron chi connectivity index (χ2n) is 2.66. The van der Waals surface area contributed by atoms with E-state index in [0.717, 1.165) is 12.1 Å². The van der Waals surface area contributed by atoms with E-state index in [4.69, 9.17) is 5.73 Å². The number of nitrogens with two attached hydrogens (primary N) is 1. The maximum Gasteiger partial charge on any atom is 0.146 e. The van der Waals surface area contributed by atoms with Crippen molar-refractivity contribution < 1.29 is 4.79 Å². The van der Waals surface area contributed by atoms with Crippen molar-refractivity contribution in [2.45, 2.75) is 25.8 Å². The molecule has 60 valence electrons. The molecule has 1 heterocycles. The number of carbonyl (C=O) groups excluding carboxylic acids is 1. The zero-order valence-electron chi connectivity index (χ0n) is 6.58. The summed E-state index contributed by atoms with van der Waals surface area (Å²) in [6.45, 7) is 1.50. The standard InChI is InChI=1S/C8H12N2O/c1-6(11)8(9)5-7-3-2-4-10-7/h3-4,8H,2,5,9H2,1H3. The van der Waals surface area contributed by atoms with E-state index in [1.165, 1.54) is 6.92 Å². The fraction of sp³-hybridized carbons (Fsp3) is 0.500. The van der Waals surface area contributed by atoms with E-state index in [0.29, 0.717) is 6.42 Å². The molecule has 0 bridgehead atoms. The highest BCUT2D eigenvalue weighted by Crippen LogP contribution is 2.11. The van der Waals surface area contributed by atoms with Crippen LogP contribution in [0.2, 0.25) is 0 Å². The Kier molecular flexibility index (Phi) is 2.54. The molecule has 0 radical (unpaired) electrons. The maximum absolute atomic E-state index is 10.7. The minimum Gasteiger partial charge on any atom is -0.321 e. The molecule has 0 amide bonds. The van der Waals surface area contributed by atoms with E-state index in [2.05, 4.69) is 4.99 Å². The quantitative estimate of drug-likeness (QED) is 0.645. The Morgan fingerprint density at radius 1 is 1.91 bits per heavy atom. The molecule has 1 unspecified atom stereocenters. The van der Waals surface area contributed by atoms with E-state index in [-0.39, 0.29) is 11.8 Å². The molecule has 1 aliphatic rings. The third kappa shape index (κ3) is 2.27. The van der Waals surface area contributed by atoms with Crippen LogP contribution >= 0.6 is 0 Å². The van der Waals surface area contributed by atoms with Gasteiger partial charge in [-0.1, -0.05) is 6.08 Å². The van der Waals surface area contributed by atoms with Gasteiger partial charge in [-0.3, -0.25) is 9.79 Å². The summed E-state index contributed by atoms with van der Waals surface area (Å²) in [5, 5.41) is 0. The monoisotopic (exact) mass is 152 g/mol. The molecule has 0 saturated carbocycles. The zero-order chi connectivity index (χ0) is 8.27. The first-order valence-electron chi connectivity index (χ1n) is 3.67. The van der Waals surface area contributed by atoms with E-state index in [9.17, 15) is 4.79 Å². The first-order valence-corrected chi connectivity index (χ1v) is 3.67. The molecule has 1 aliphatic heterocycles. The number of nitrogens with zero attached hydrogens (tertiary/aromatic N) is 1. The van der Waals surface area contributed by atoms with Crippen LogP contribution in [0.25, 0.3) is 0 Å². The number of hydrogen-bond donors (Lipinski definition) is 1.